The van der Waals surface area contributed by atoms with E-state index in [1.807, 2.05) is 25.1 Å². The Morgan fingerprint density at radius 2 is 2.06 bits per heavy atom. The van der Waals surface area contributed by atoms with E-state index in [4.69, 9.17) is 5.73 Å². The SMILES string of the molecule is CC(N)c1cc(Br)ccc1Sc1ncccc1Br. The number of halogens is 2. The maximum atomic E-state index is 6.01. The van der Waals surface area contributed by atoms with Gasteiger partial charge in [0.05, 0.1) is 4.47 Å². The zero-order valence-corrected chi connectivity index (χ0v) is 13.7. The Bertz CT molecular complexity index is 558. The first-order valence-electron chi connectivity index (χ1n) is 5.41. The fourth-order valence-corrected chi connectivity index (χ4v) is 3.38. The van der Waals surface area contributed by atoms with Crippen molar-refractivity contribution in [2.45, 2.75) is 22.9 Å². The van der Waals surface area contributed by atoms with Crippen LogP contribution in [0, 0.1) is 0 Å². The van der Waals surface area contributed by atoms with E-state index >= 15 is 0 Å². The van der Waals surface area contributed by atoms with Gasteiger partial charge in [0.2, 0.25) is 0 Å². The van der Waals surface area contributed by atoms with E-state index in [0.29, 0.717) is 0 Å². The summed E-state index contributed by atoms with van der Waals surface area (Å²) in [6.07, 6.45) is 1.79. The Kier molecular flexibility index (Phi) is 4.84. The van der Waals surface area contributed by atoms with Gasteiger partial charge >= 0.3 is 0 Å². The molecule has 18 heavy (non-hydrogen) atoms. The summed E-state index contributed by atoms with van der Waals surface area (Å²) in [7, 11) is 0. The molecule has 2 aromatic rings. The van der Waals surface area contributed by atoms with Gasteiger partial charge in [-0.1, -0.05) is 27.7 Å². The van der Waals surface area contributed by atoms with Crippen molar-refractivity contribution in [1.29, 1.82) is 0 Å². The van der Waals surface area contributed by atoms with Crippen molar-refractivity contribution in [3.05, 3.63) is 51.0 Å². The molecule has 0 aliphatic heterocycles. The molecule has 1 atom stereocenters. The Morgan fingerprint density at radius 1 is 1.28 bits per heavy atom. The van der Waals surface area contributed by atoms with Crippen LogP contribution in [-0.2, 0) is 0 Å². The van der Waals surface area contributed by atoms with E-state index in [0.717, 1.165) is 24.4 Å². The molecule has 1 unspecified atom stereocenters. The van der Waals surface area contributed by atoms with E-state index < -0.39 is 0 Å². The van der Waals surface area contributed by atoms with Crippen molar-refractivity contribution in [1.82, 2.24) is 4.98 Å². The lowest BCUT2D eigenvalue weighted by molar-refractivity contribution is 0.796. The molecule has 5 heteroatoms. The molecular formula is C13H12Br2N2S. The van der Waals surface area contributed by atoms with Crippen molar-refractivity contribution in [2.75, 3.05) is 0 Å². The normalized spacial score (nSPS) is 12.4. The predicted octanol–water partition coefficient (Wildman–Crippen LogP) is 4.78. The van der Waals surface area contributed by atoms with E-state index in [2.05, 4.69) is 49.0 Å². The summed E-state index contributed by atoms with van der Waals surface area (Å²) in [5.41, 5.74) is 7.13. The zero-order valence-electron chi connectivity index (χ0n) is 9.73. The molecule has 0 aliphatic carbocycles. The third kappa shape index (κ3) is 3.35. The summed E-state index contributed by atoms with van der Waals surface area (Å²) in [6, 6.07) is 10.0. The lowest BCUT2D eigenvalue weighted by Gasteiger charge is -2.13. The van der Waals surface area contributed by atoms with Crippen LogP contribution >= 0.6 is 43.6 Å². The topological polar surface area (TPSA) is 38.9 Å². The number of pyridine rings is 1. The standard InChI is InChI=1S/C13H12Br2N2S/c1-8(16)10-7-9(14)4-5-12(10)18-13-11(15)3-2-6-17-13/h2-8H,16H2,1H3. The van der Waals surface area contributed by atoms with Crippen LogP contribution in [0.15, 0.2) is 55.4 Å². The number of benzene rings is 1. The minimum Gasteiger partial charge on any atom is -0.324 e. The molecule has 0 radical (unpaired) electrons. The molecule has 1 aromatic heterocycles. The smallest absolute Gasteiger partial charge is 0.115 e. The summed E-state index contributed by atoms with van der Waals surface area (Å²) < 4.78 is 2.03. The van der Waals surface area contributed by atoms with Crippen LogP contribution < -0.4 is 5.73 Å². The molecule has 0 amide bonds. The number of hydrogen-bond acceptors (Lipinski definition) is 3. The number of rotatable bonds is 3. The molecule has 0 saturated heterocycles. The van der Waals surface area contributed by atoms with Gasteiger partial charge in [-0.05, 0) is 58.7 Å². The second kappa shape index (κ2) is 6.19. The van der Waals surface area contributed by atoms with Gasteiger partial charge in [0.25, 0.3) is 0 Å². The summed E-state index contributed by atoms with van der Waals surface area (Å²) in [5.74, 6) is 0. The van der Waals surface area contributed by atoms with Crippen LogP contribution in [0.25, 0.3) is 0 Å². The van der Waals surface area contributed by atoms with Crippen LogP contribution in [-0.4, -0.2) is 4.98 Å². The van der Waals surface area contributed by atoms with Gasteiger partial charge < -0.3 is 5.73 Å². The van der Waals surface area contributed by atoms with E-state index in [1.54, 1.807) is 18.0 Å². The Labute approximate surface area is 128 Å². The maximum absolute atomic E-state index is 6.01. The molecule has 2 rings (SSSR count). The van der Waals surface area contributed by atoms with Gasteiger partial charge in [0, 0.05) is 21.6 Å². The van der Waals surface area contributed by atoms with Crippen molar-refractivity contribution in [2.24, 2.45) is 5.73 Å². The minimum atomic E-state index is -0.00696. The number of hydrogen-bond donors (Lipinski definition) is 1. The van der Waals surface area contributed by atoms with Crippen LogP contribution in [0.5, 0.6) is 0 Å². The molecule has 2 nitrogen and oxygen atoms in total. The average molecular weight is 388 g/mol. The number of nitrogens with zero attached hydrogens (tertiary/aromatic N) is 1. The van der Waals surface area contributed by atoms with Crippen molar-refractivity contribution in [3.8, 4) is 0 Å². The Balaban J connectivity index is 2.37. The molecular weight excluding hydrogens is 376 g/mol. The highest BCUT2D eigenvalue weighted by atomic mass is 79.9. The van der Waals surface area contributed by atoms with E-state index in [1.165, 1.54) is 0 Å². The molecule has 2 N–H and O–H groups in total. The van der Waals surface area contributed by atoms with Crippen molar-refractivity contribution in [3.63, 3.8) is 0 Å². The van der Waals surface area contributed by atoms with Crippen LogP contribution in [0.4, 0.5) is 0 Å². The molecule has 0 fully saturated rings. The highest BCUT2D eigenvalue weighted by molar-refractivity contribution is 9.10. The summed E-state index contributed by atoms with van der Waals surface area (Å²) in [5, 5.41) is 0.946. The average Bonchev–Trinajstić information content (AvgIpc) is 2.34. The van der Waals surface area contributed by atoms with Crippen LogP contribution in [0.3, 0.4) is 0 Å². The van der Waals surface area contributed by atoms with E-state index in [-0.39, 0.29) is 6.04 Å². The number of aromatic nitrogens is 1. The molecule has 0 saturated carbocycles. The Hall–Kier alpha value is -0.360. The summed E-state index contributed by atoms with van der Waals surface area (Å²) in [6.45, 7) is 1.99. The fourth-order valence-electron chi connectivity index (χ4n) is 1.52. The van der Waals surface area contributed by atoms with Gasteiger partial charge in [0.1, 0.15) is 5.03 Å². The quantitative estimate of drug-likeness (QED) is 0.823. The second-order valence-electron chi connectivity index (χ2n) is 3.86. The molecule has 0 spiro atoms. The van der Waals surface area contributed by atoms with Crippen molar-refractivity contribution >= 4 is 43.6 Å². The fraction of sp³-hybridized carbons (Fsp3) is 0.154. The number of nitrogens with two attached hydrogens (primary N) is 1. The monoisotopic (exact) mass is 386 g/mol. The van der Waals surface area contributed by atoms with Crippen LogP contribution in [0.1, 0.15) is 18.5 Å². The van der Waals surface area contributed by atoms with E-state index in [9.17, 15) is 0 Å². The second-order valence-corrected chi connectivity index (χ2v) is 6.66. The largest absolute Gasteiger partial charge is 0.324 e. The molecule has 94 valence electrons. The third-order valence-corrected chi connectivity index (χ3v) is 4.90. The lowest BCUT2D eigenvalue weighted by Crippen LogP contribution is -2.06. The van der Waals surface area contributed by atoms with Gasteiger partial charge in [-0.25, -0.2) is 4.98 Å². The van der Waals surface area contributed by atoms with Gasteiger partial charge in [-0.15, -0.1) is 0 Å². The predicted molar refractivity (Wildman–Crippen MR) is 82.8 cm³/mol. The molecule has 0 aliphatic rings. The molecule has 1 heterocycles. The Morgan fingerprint density at radius 3 is 2.72 bits per heavy atom. The first kappa shape index (κ1) is 14.1. The maximum Gasteiger partial charge on any atom is 0.115 e. The first-order valence-corrected chi connectivity index (χ1v) is 7.81. The molecule has 1 aromatic carbocycles. The van der Waals surface area contributed by atoms with Gasteiger partial charge in [-0.2, -0.15) is 0 Å². The first-order chi connectivity index (χ1) is 8.58. The summed E-state index contributed by atoms with van der Waals surface area (Å²) in [4.78, 5) is 5.49. The van der Waals surface area contributed by atoms with Gasteiger partial charge in [0.15, 0.2) is 0 Å². The minimum absolute atomic E-state index is 0.00696. The summed E-state index contributed by atoms with van der Waals surface area (Å²) >= 11 is 8.60. The third-order valence-electron chi connectivity index (χ3n) is 2.39. The highest BCUT2D eigenvalue weighted by Crippen LogP contribution is 2.36. The van der Waals surface area contributed by atoms with Crippen LogP contribution in [0.2, 0.25) is 0 Å². The highest BCUT2D eigenvalue weighted by Gasteiger charge is 2.11. The van der Waals surface area contributed by atoms with Gasteiger partial charge in [-0.3, -0.25) is 0 Å². The lowest BCUT2D eigenvalue weighted by atomic mass is 10.1. The zero-order chi connectivity index (χ0) is 13.1. The molecule has 0 bridgehead atoms. The van der Waals surface area contributed by atoms with Crippen molar-refractivity contribution < 1.29 is 0 Å².